The summed E-state index contributed by atoms with van der Waals surface area (Å²) in [6.07, 6.45) is -0.0795. The van der Waals surface area contributed by atoms with E-state index in [9.17, 15) is 14.0 Å². The van der Waals surface area contributed by atoms with E-state index in [2.05, 4.69) is 15.3 Å². The van der Waals surface area contributed by atoms with Gasteiger partial charge in [0.25, 0.3) is 5.88 Å². The molecule has 0 aliphatic carbocycles. The summed E-state index contributed by atoms with van der Waals surface area (Å²) in [6.45, 7) is 1.33. The highest BCUT2D eigenvalue weighted by Crippen LogP contribution is 2.32. The van der Waals surface area contributed by atoms with Crippen molar-refractivity contribution in [2.45, 2.75) is 6.10 Å². The maximum atomic E-state index is 13.3. The standard InChI is InChI=1S/C20H14F2N4O/c21-14-5-1-12(2-6-14)18-19(13-3-7-15(22)8-4-13)26-20(17(9-23)25-18)27-16-10-24-11-16/h1-8,16,24H,10-11H2. The van der Waals surface area contributed by atoms with Gasteiger partial charge in [0, 0.05) is 24.2 Å². The second kappa shape index (κ2) is 7.09. The van der Waals surface area contributed by atoms with Crippen LogP contribution in [0.15, 0.2) is 48.5 Å². The summed E-state index contributed by atoms with van der Waals surface area (Å²) in [6, 6.07) is 13.5. The number of ether oxygens (including phenoxy) is 1. The fraction of sp³-hybridized carbons (Fsp3) is 0.150. The van der Waals surface area contributed by atoms with Gasteiger partial charge in [0.15, 0.2) is 0 Å². The van der Waals surface area contributed by atoms with Gasteiger partial charge in [-0.25, -0.2) is 18.7 Å². The highest BCUT2D eigenvalue weighted by molar-refractivity contribution is 5.78. The molecule has 0 bridgehead atoms. The lowest BCUT2D eigenvalue weighted by Gasteiger charge is -2.27. The van der Waals surface area contributed by atoms with Gasteiger partial charge >= 0.3 is 0 Å². The van der Waals surface area contributed by atoms with Gasteiger partial charge in [0.2, 0.25) is 5.69 Å². The van der Waals surface area contributed by atoms with Crippen molar-refractivity contribution in [3.8, 4) is 34.5 Å². The molecular formula is C20H14F2N4O. The fourth-order valence-electron chi connectivity index (χ4n) is 2.70. The van der Waals surface area contributed by atoms with Crippen LogP contribution in [0.4, 0.5) is 8.78 Å². The highest BCUT2D eigenvalue weighted by Gasteiger charge is 2.24. The monoisotopic (exact) mass is 364 g/mol. The zero-order chi connectivity index (χ0) is 18.8. The Morgan fingerprint density at radius 1 is 0.889 bits per heavy atom. The van der Waals surface area contributed by atoms with Crippen molar-refractivity contribution in [1.29, 1.82) is 5.26 Å². The largest absolute Gasteiger partial charge is 0.470 e. The quantitative estimate of drug-likeness (QED) is 0.769. The summed E-state index contributed by atoms with van der Waals surface area (Å²) in [7, 11) is 0. The van der Waals surface area contributed by atoms with Gasteiger partial charge in [-0.05, 0) is 48.5 Å². The average Bonchev–Trinajstić information content (AvgIpc) is 2.65. The molecule has 2 heterocycles. The number of nitriles is 1. The van der Waals surface area contributed by atoms with E-state index in [4.69, 9.17) is 4.74 Å². The minimum absolute atomic E-state index is 0.0482. The third-order valence-electron chi connectivity index (χ3n) is 4.23. The molecule has 1 aliphatic heterocycles. The van der Waals surface area contributed by atoms with Crippen molar-refractivity contribution in [3.63, 3.8) is 0 Å². The third kappa shape index (κ3) is 3.48. The first kappa shape index (κ1) is 17.1. The Bertz CT molecular complexity index is 1010. The molecule has 0 spiro atoms. The number of hydrogen-bond acceptors (Lipinski definition) is 5. The Morgan fingerprint density at radius 3 is 1.85 bits per heavy atom. The number of aromatic nitrogens is 2. The molecule has 1 saturated heterocycles. The van der Waals surface area contributed by atoms with Crippen molar-refractivity contribution in [2.24, 2.45) is 0 Å². The topological polar surface area (TPSA) is 70.8 Å². The average molecular weight is 364 g/mol. The molecule has 0 amide bonds. The van der Waals surface area contributed by atoms with Gasteiger partial charge in [0.05, 0.1) is 5.69 Å². The summed E-state index contributed by atoms with van der Waals surface area (Å²) in [4.78, 5) is 8.93. The molecule has 2 aromatic carbocycles. The van der Waals surface area contributed by atoms with Crippen molar-refractivity contribution < 1.29 is 13.5 Å². The van der Waals surface area contributed by atoms with E-state index in [1.807, 2.05) is 6.07 Å². The molecule has 1 aromatic heterocycles. The van der Waals surface area contributed by atoms with Crippen molar-refractivity contribution in [3.05, 3.63) is 65.9 Å². The smallest absolute Gasteiger partial charge is 0.252 e. The van der Waals surface area contributed by atoms with Crippen LogP contribution in [-0.4, -0.2) is 29.2 Å². The molecule has 7 heteroatoms. The molecule has 134 valence electrons. The van der Waals surface area contributed by atoms with E-state index < -0.39 is 0 Å². The second-order valence-electron chi connectivity index (χ2n) is 6.10. The maximum absolute atomic E-state index is 13.3. The number of rotatable bonds is 4. The Morgan fingerprint density at radius 2 is 1.41 bits per heavy atom. The number of benzene rings is 2. The normalized spacial score (nSPS) is 13.7. The molecule has 0 saturated carbocycles. The summed E-state index contributed by atoms with van der Waals surface area (Å²) in [5.74, 6) is -0.622. The van der Waals surface area contributed by atoms with E-state index in [1.165, 1.54) is 24.3 Å². The van der Waals surface area contributed by atoms with Gasteiger partial charge in [0.1, 0.15) is 29.5 Å². The van der Waals surface area contributed by atoms with Crippen LogP contribution in [0, 0.1) is 23.0 Å². The Hall–Kier alpha value is -3.37. The van der Waals surface area contributed by atoms with Crippen LogP contribution in [-0.2, 0) is 0 Å². The predicted molar refractivity (Wildman–Crippen MR) is 94.8 cm³/mol. The highest BCUT2D eigenvalue weighted by atomic mass is 19.1. The van der Waals surface area contributed by atoms with Gasteiger partial charge in [-0.15, -0.1) is 0 Å². The van der Waals surface area contributed by atoms with Crippen LogP contribution < -0.4 is 10.1 Å². The first-order valence-electron chi connectivity index (χ1n) is 8.35. The molecule has 1 N–H and O–H groups in total. The Labute approximate surface area is 154 Å². The van der Waals surface area contributed by atoms with E-state index in [1.54, 1.807) is 24.3 Å². The Kier molecular flexibility index (Phi) is 4.48. The molecule has 0 unspecified atom stereocenters. The summed E-state index contributed by atoms with van der Waals surface area (Å²) >= 11 is 0. The molecule has 1 aliphatic rings. The van der Waals surface area contributed by atoms with E-state index >= 15 is 0 Å². The van der Waals surface area contributed by atoms with Gasteiger partial charge in [-0.1, -0.05) is 0 Å². The van der Waals surface area contributed by atoms with E-state index in [-0.39, 0.29) is 29.3 Å². The molecule has 1 fully saturated rings. The van der Waals surface area contributed by atoms with Crippen molar-refractivity contribution >= 4 is 0 Å². The SMILES string of the molecule is N#Cc1nc(-c2ccc(F)cc2)c(-c2ccc(F)cc2)nc1OC1CNC1. The van der Waals surface area contributed by atoms with Crippen LogP contribution in [0.25, 0.3) is 22.5 Å². The number of hydrogen-bond donors (Lipinski definition) is 1. The molecule has 5 nitrogen and oxygen atoms in total. The minimum Gasteiger partial charge on any atom is -0.470 e. The van der Waals surface area contributed by atoms with Crippen LogP contribution in [0.2, 0.25) is 0 Å². The number of nitrogens with zero attached hydrogens (tertiary/aromatic N) is 3. The molecule has 4 rings (SSSR count). The molecule has 0 atom stereocenters. The third-order valence-corrected chi connectivity index (χ3v) is 4.23. The lowest BCUT2D eigenvalue weighted by atomic mass is 10.0. The van der Waals surface area contributed by atoms with Crippen molar-refractivity contribution in [2.75, 3.05) is 13.1 Å². The predicted octanol–water partition coefficient (Wildman–Crippen LogP) is 3.31. The lowest BCUT2D eigenvalue weighted by molar-refractivity contribution is 0.135. The van der Waals surface area contributed by atoms with Gasteiger partial charge < -0.3 is 10.1 Å². The van der Waals surface area contributed by atoms with Crippen LogP contribution in [0.1, 0.15) is 5.69 Å². The van der Waals surface area contributed by atoms with E-state index in [0.717, 1.165) is 0 Å². The van der Waals surface area contributed by atoms with Gasteiger partial charge in [-0.2, -0.15) is 5.26 Å². The summed E-state index contributed by atoms with van der Waals surface area (Å²) in [5, 5.41) is 12.6. The van der Waals surface area contributed by atoms with Gasteiger partial charge in [-0.3, -0.25) is 0 Å². The molecular weight excluding hydrogens is 350 g/mol. The maximum Gasteiger partial charge on any atom is 0.252 e. The van der Waals surface area contributed by atoms with Crippen LogP contribution in [0.3, 0.4) is 0 Å². The van der Waals surface area contributed by atoms with Crippen LogP contribution >= 0.6 is 0 Å². The van der Waals surface area contributed by atoms with Crippen molar-refractivity contribution in [1.82, 2.24) is 15.3 Å². The molecule has 27 heavy (non-hydrogen) atoms. The van der Waals surface area contributed by atoms with E-state index in [0.29, 0.717) is 35.6 Å². The zero-order valence-electron chi connectivity index (χ0n) is 14.1. The first-order valence-corrected chi connectivity index (χ1v) is 8.35. The second-order valence-corrected chi connectivity index (χ2v) is 6.10. The van der Waals surface area contributed by atoms with Crippen LogP contribution in [0.5, 0.6) is 5.88 Å². The lowest BCUT2D eigenvalue weighted by Crippen LogP contribution is -2.50. The summed E-state index contributed by atoms with van der Waals surface area (Å²) < 4.78 is 32.4. The number of nitrogens with one attached hydrogen (secondary N) is 1. The molecule has 0 radical (unpaired) electrons. The summed E-state index contributed by atoms with van der Waals surface area (Å²) in [5.41, 5.74) is 2.09. The number of halogens is 2. The first-order chi connectivity index (χ1) is 13.1. The fourth-order valence-corrected chi connectivity index (χ4v) is 2.70. The Balaban J connectivity index is 1.88. The minimum atomic E-state index is -0.381. The zero-order valence-corrected chi connectivity index (χ0v) is 14.1. The molecule has 3 aromatic rings.